The van der Waals surface area contributed by atoms with Crippen molar-refractivity contribution in [3.05, 3.63) is 176 Å². The summed E-state index contributed by atoms with van der Waals surface area (Å²) in [5.74, 6) is 1.25. The van der Waals surface area contributed by atoms with Gasteiger partial charge in [-0.3, -0.25) is 15.5 Å². The molecule has 4 aliphatic rings. The number of nitrogens with zero attached hydrogens (tertiary/aromatic N) is 5. The van der Waals surface area contributed by atoms with Crippen LogP contribution in [0.5, 0.6) is 0 Å². The summed E-state index contributed by atoms with van der Waals surface area (Å²) in [6.45, 7) is 12.7. The van der Waals surface area contributed by atoms with Gasteiger partial charge in [0.25, 0.3) is 0 Å². The average molecular weight is 1110 g/mol. The Bertz CT molecular complexity index is 3150. The minimum Gasteiger partial charge on any atom is -0.444 e. The highest BCUT2D eigenvalue weighted by Gasteiger charge is 2.28. The third-order valence-corrected chi connectivity index (χ3v) is 15.1. The Morgan fingerprint density at radius 3 is 1.56 bits per heavy atom. The molecule has 2 heterocycles. The first kappa shape index (κ1) is 56.9. The number of anilines is 4. The molecule has 414 valence electrons. The van der Waals surface area contributed by atoms with E-state index >= 15 is 0 Å². The molecule has 5 N–H and O–H groups in total. The van der Waals surface area contributed by atoms with Crippen molar-refractivity contribution in [1.29, 1.82) is 0 Å². The van der Waals surface area contributed by atoms with E-state index < -0.39 is 23.4 Å². The second kappa shape index (κ2) is 25.5. The van der Waals surface area contributed by atoms with Gasteiger partial charge in [0.15, 0.2) is 0 Å². The van der Waals surface area contributed by atoms with E-state index in [1.54, 1.807) is 12.4 Å². The van der Waals surface area contributed by atoms with E-state index in [4.69, 9.17) is 42.6 Å². The number of halogens is 2. The fraction of sp³-hybridized carbons (Fsp3) is 0.397. The van der Waals surface area contributed by atoms with E-state index in [9.17, 15) is 9.59 Å². The molecular weight excluding hydrogens is 1030 g/mol. The predicted octanol–water partition coefficient (Wildman–Crippen LogP) is 14.3. The van der Waals surface area contributed by atoms with E-state index in [0.29, 0.717) is 45.8 Å². The highest BCUT2D eigenvalue weighted by molar-refractivity contribution is 6.32. The molecule has 0 aliphatic heterocycles. The van der Waals surface area contributed by atoms with Crippen molar-refractivity contribution in [3.8, 4) is 0 Å². The quantitative estimate of drug-likeness (QED) is 0.0701. The smallest absolute Gasteiger partial charge is 0.412 e. The molecular formula is C63H74Cl2N10O4. The molecule has 0 saturated heterocycles. The number of carbonyl (C=O) groups excluding carboxylic acids is 2. The van der Waals surface area contributed by atoms with Crippen LogP contribution in [0.15, 0.2) is 122 Å². The molecule has 4 aromatic carbocycles. The lowest BCUT2D eigenvalue weighted by Gasteiger charge is -2.35. The molecule has 4 aliphatic carbocycles. The molecule has 4 atom stereocenters. The molecule has 6 aromatic rings. The highest BCUT2D eigenvalue weighted by atomic mass is 35.5. The van der Waals surface area contributed by atoms with Gasteiger partial charge >= 0.3 is 12.2 Å². The Labute approximate surface area is 475 Å². The van der Waals surface area contributed by atoms with Crippen LogP contribution in [0.1, 0.15) is 138 Å². The number of carbonyl (C=O) groups is 2. The first-order valence-electron chi connectivity index (χ1n) is 27.7. The molecule has 16 heteroatoms. The summed E-state index contributed by atoms with van der Waals surface area (Å²) in [6.07, 6.45) is 17.4. The maximum absolute atomic E-state index is 12.0. The van der Waals surface area contributed by atoms with Gasteiger partial charge in [-0.1, -0.05) is 108 Å². The molecule has 2 aromatic heterocycles. The predicted molar refractivity (Wildman–Crippen MR) is 319 cm³/mol. The summed E-state index contributed by atoms with van der Waals surface area (Å²) in [4.78, 5) is 45.1. The summed E-state index contributed by atoms with van der Waals surface area (Å²) in [7, 11) is 2.18. The fourth-order valence-electron chi connectivity index (χ4n) is 10.8. The lowest BCUT2D eigenvalue weighted by molar-refractivity contribution is 0.0624. The van der Waals surface area contributed by atoms with Crippen molar-refractivity contribution in [2.24, 2.45) is 0 Å². The topological polar surface area (TPSA) is 168 Å². The van der Waals surface area contributed by atoms with Crippen LogP contribution in [0.3, 0.4) is 0 Å². The van der Waals surface area contributed by atoms with E-state index in [1.807, 2.05) is 77.9 Å². The molecule has 0 bridgehead atoms. The number of hydrogen-bond acceptors (Lipinski definition) is 12. The van der Waals surface area contributed by atoms with Crippen LogP contribution in [0, 0.1) is 0 Å². The molecule has 0 spiro atoms. The van der Waals surface area contributed by atoms with Crippen LogP contribution in [0.4, 0.5) is 32.9 Å². The van der Waals surface area contributed by atoms with Crippen molar-refractivity contribution < 1.29 is 19.1 Å². The van der Waals surface area contributed by atoms with Crippen molar-refractivity contribution in [1.82, 2.24) is 30.2 Å². The van der Waals surface area contributed by atoms with E-state index in [1.165, 1.54) is 27.8 Å². The lowest BCUT2D eigenvalue weighted by Crippen LogP contribution is -2.40. The minimum atomic E-state index is -0.527. The summed E-state index contributed by atoms with van der Waals surface area (Å²) in [5, 5.41) is 17.6. The molecule has 0 unspecified atom stereocenters. The van der Waals surface area contributed by atoms with Gasteiger partial charge < -0.3 is 25.4 Å². The molecule has 0 radical (unpaired) electrons. The van der Waals surface area contributed by atoms with Gasteiger partial charge in [0.05, 0.1) is 33.8 Å². The number of nitrogens with one attached hydrogen (secondary N) is 5. The number of hydrogen-bond donors (Lipinski definition) is 5. The molecule has 14 nitrogen and oxygen atoms in total. The maximum Gasteiger partial charge on any atom is 0.412 e. The van der Waals surface area contributed by atoms with E-state index in [2.05, 4.69) is 121 Å². The summed E-state index contributed by atoms with van der Waals surface area (Å²) >= 11 is 13.1. The fourth-order valence-corrected chi connectivity index (χ4v) is 11.1. The minimum absolute atomic E-state index is 0.288. The van der Waals surface area contributed by atoms with Crippen molar-refractivity contribution in [3.63, 3.8) is 0 Å². The number of fused-ring (bicyclic) bond motifs is 2. The molecule has 2 amide bonds. The molecule has 79 heavy (non-hydrogen) atoms. The number of benzene rings is 4. The molecule has 2 saturated carbocycles. The maximum atomic E-state index is 12.0. The number of aromatic nitrogens is 4. The van der Waals surface area contributed by atoms with Crippen molar-refractivity contribution >= 4 is 69.8 Å². The van der Waals surface area contributed by atoms with Crippen LogP contribution in [-0.2, 0) is 35.4 Å². The van der Waals surface area contributed by atoms with Gasteiger partial charge in [0.1, 0.15) is 11.2 Å². The number of amides is 2. The largest absolute Gasteiger partial charge is 0.444 e. The zero-order chi connectivity index (χ0) is 55.7. The Morgan fingerprint density at radius 2 is 1.05 bits per heavy atom. The highest BCUT2D eigenvalue weighted by Crippen LogP contribution is 2.37. The van der Waals surface area contributed by atoms with Crippen LogP contribution < -0.4 is 26.6 Å². The van der Waals surface area contributed by atoms with Crippen LogP contribution in [-0.4, -0.2) is 79.4 Å². The van der Waals surface area contributed by atoms with Gasteiger partial charge in [-0.25, -0.2) is 29.5 Å². The monoisotopic (exact) mass is 1100 g/mol. The van der Waals surface area contributed by atoms with Gasteiger partial charge in [0, 0.05) is 59.8 Å². The van der Waals surface area contributed by atoms with Crippen molar-refractivity contribution in [2.75, 3.05) is 28.3 Å². The van der Waals surface area contributed by atoms with Crippen LogP contribution >= 0.6 is 23.2 Å². The zero-order valence-electron chi connectivity index (χ0n) is 46.5. The summed E-state index contributed by atoms with van der Waals surface area (Å²) < 4.78 is 10.7. The second-order valence-corrected chi connectivity index (χ2v) is 23.9. The average Bonchev–Trinajstić information content (AvgIpc) is 4.25. The zero-order valence-corrected chi connectivity index (χ0v) is 48.0. The van der Waals surface area contributed by atoms with Crippen LogP contribution in [0.2, 0.25) is 10.0 Å². The Morgan fingerprint density at radius 1 is 0.595 bits per heavy atom. The van der Waals surface area contributed by atoms with Crippen LogP contribution in [0.25, 0.3) is 11.1 Å². The Kier molecular flexibility index (Phi) is 18.4. The first-order valence-corrected chi connectivity index (χ1v) is 28.4. The normalized spacial score (nSPS) is 18.7. The second-order valence-electron chi connectivity index (χ2n) is 23.0. The lowest BCUT2D eigenvalue weighted by atomic mass is 9.90. The summed E-state index contributed by atoms with van der Waals surface area (Å²) in [5.41, 5.74) is 11.5. The third-order valence-electron chi connectivity index (χ3n) is 14.5. The van der Waals surface area contributed by atoms with Gasteiger partial charge in [0.2, 0.25) is 11.9 Å². The number of ether oxygens (including phenoxy) is 2. The Hall–Kier alpha value is -6.84. The number of rotatable bonds is 14. The summed E-state index contributed by atoms with van der Waals surface area (Å²) in [6, 6.07) is 34.0. The first-order chi connectivity index (χ1) is 37.9. The molecule has 2 fully saturated rings. The number of allylic oxidation sites excluding steroid dienone is 2. The SMILES string of the molecule is CC(C)(C)OC(=O)Nc1ccc(CN[C@H]2CCC[C@@H](Nc3ncc(Cl)c(C4=CCc5ccccc54)n3)C2)cc1.CN(Cc1ccc(NC(=O)OC(C)(C)C)cc1)[C@H]1CCC[C@@H](Nc2ncc(Cl)c(C3=CCc4ccccc43)n2)C1. The molecule has 10 rings (SSSR count). The standard InChI is InChI=1S/C32H38ClN5O2.C31H36ClN5O2/c1-32(2,3)40-31(39)36-23-15-12-21(13-16-23)20-38(4)25-10-7-9-24(18-25)35-30-34-19-28(33)29(37-30)27-17-14-22-8-5-6-11-26(22)27;1-31(2,3)39-30(38)36-22-14-11-20(12-15-22)18-33-23-8-6-9-24(17-23)35-29-34-19-27(32)28(37-29)26-16-13-21-7-4-5-10-25(21)26/h5-6,8,11-13,15-17,19,24-25H,7,9-10,14,18,20H2,1-4H3,(H,36,39)(H,34,35,37);4-5,7,10-12,14-16,19,23-24,33H,6,8-9,13,17-18H2,1-3H3,(H,36,38)(H,34,35,37)/t24-,25+;23-,24+/m10/s1. The van der Waals surface area contributed by atoms with E-state index in [-0.39, 0.29) is 6.04 Å². The van der Waals surface area contributed by atoms with Gasteiger partial charge in [-0.2, -0.15) is 0 Å². The Balaban J connectivity index is 0.000000192. The van der Waals surface area contributed by atoms with E-state index in [0.717, 1.165) is 111 Å². The van der Waals surface area contributed by atoms with Gasteiger partial charge in [-0.05, 0) is 170 Å². The third kappa shape index (κ3) is 15.9. The van der Waals surface area contributed by atoms with Crippen molar-refractivity contribution in [2.45, 2.75) is 154 Å². The van der Waals surface area contributed by atoms with Gasteiger partial charge in [-0.15, -0.1) is 0 Å².